The third kappa shape index (κ3) is 5.70. The molecule has 1 heterocycles. The van der Waals surface area contributed by atoms with Gasteiger partial charge in [0.15, 0.2) is 0 Å². The Labute approximate surface area is 232 Å². The van der Waals surface area contributed by atoms with Gasteiger partial charge in [-0.05, 0) is 55.5 Å². The molecule has 0 bridgehead atoms. The van der Waals surface area contributed by atoms with Crippen molar-refractivity contribution in [2.24, 2.45) is 0 Å². The zero-order valence-electron chi connectivity index (χ0n) is 21.5. The normalized spacial score (nSPS) is 11.7. The Morgan fingerprint density at radius 3 is 2.42 bits per heavy atom. The molecule has 198 valence electrons. The van der Waals surface area contributed by atoms with E-state index in [2.05, 4.69) is 0 Å². The van der Waals surface area contributed by atoms with Crippen LogP contribution < -0.4 is 4.74 Å². The maximum absolute atomic E-state index is 14.1. The number of halogens is 1. The van der Waals surface area contributed by atoms with Crippen LogP contribution in [0.5, 0.6) is 5.75 Å². The van der Waals surface area contributed by atoms with E-state index in [1.807, 2.05) is 49.4 Å². The van der Waals surface area contributed by atoms with E-state index < -0.39 is 14.7 Å². The number of aromatic nitrogens is 2. The van der Waals surface area contributed by atoms with Crippen molar-refractivity contribution in [2.75, 3.05) is 0 Å². The summed E-state index contributed by atoms with van der Waals surface area (Å²) in [6.07, 6.45) is 3.02. The van der Waals surface area contributed by atoms with Gasteiger partial charge in [0.25, 0.3) is 0 Å². The highest BCUT2D eigenvalue weighted by molar-refractivity contribution is 7.95. The number of hydrogen-bond acceptors (Lipinski definition) is 5. The highest BCUT2D eigenvalue weighted by Gasteiger charge is 2.22. The van der Waals surface area contributed by atoms with Gasteiger partial charge in [0.2, 0.25) is 9.84 Å². The fourth-order valence-electron chi connectivity index (χ4n) is 4.10. The minimum atomic E-state index is -4.07. The number of sulfone groups is 1. The van der Waals surface area contributed by atoms with Gasteiger partial charge in [0, 0.05) is 22.9 Å². The number of rotatable bonds is 8. The molecule has 40 heavy (non-hydrogen) atoms. The molecule has 0 aliphatic heterocycles. The summed E-state index contributed by atoms with van der Waals surface area (Å²) in [5, 5.41) is 14.6. The second-order valence-electron chi connectivity index (χ2n) is 9.06. The summed E-state index contributed by atoms with van der Waals surface area (Å²) >= 11 is 0. The SMILES string of the molecule is Cc1ccc(S(=O)(=O)C(C#N)=Cc2cn(-c3ccccc3)nc2-c2cccc(OCc3ccccc3F)c2)cc1. The summed E-state index contributed by atoms with van der Waals surface area (Å²) in [4.78, 5) is -0.372. The standard InChI is InChI=1S/C32H24FN3O3S/c1-23-14-16-29(17-15-23)40(37,38)30(20-34)19-26-21-36(27-10-3-2-4-11-27)35-32(26)24-9-7-12-28(18-24)39-22-25-8-5-6-13-31(25)33/h2-19,21H,22H2,1H3. The van der Waals surface area contributed by atoms with Gasteiger partial charge < -0.3 is 4.74 Å². The van der Waals surface area contributed by atoms with E-state index in [0.29, 0.717) is 28.1 Å². The lowest BCUT2D eigenvalue weighted by Gasteiger charge is -2.09. The molecule has 0 spiro atoms. The van der Waals surface area contributed by atoms with Crippen LogP contribution in [0, 0.1) is 24.1 Å². The molecule has 0 saturated carbocycles. The number of nitrogens with zero attached hydrogens (tertiary/aromatic N) is 3. The molecule has 0 aliphatic carbocycles. The van der Waals surface area contributed by atoms with E-state index in [1.54, 1.807) is 59.4 Å². The smallest absolute Gasteiger partial charge is 0.216 e. The van der Waals surface area contributed by atoms with E-state index in [0.717, 1.165) is 11.3 Å². The van der Waals surface area contributed by atoms with E-state index in [9.17, 15) is 18.1 Å². The van der Waals surface area contributed by atoms with Crippen LogP contribution in [-0.2, 0) is 16.4 Å². The molecule has 5 rings (SSSR count). The second-order valence-corrected chi connectivity index (χ2v) is 11.0. The van der Waals surface area contributed by atoms with Crippen molar-refractivity contribution >= 4 is 15.9 Å². The van der Waals surface area contributed by atoms with Crippen LogP contribution in [0.1, 0.15) is 16.7 Å². The number of benzene rings is 4. The van der Waals surface area contributed by atoms with Crippen LogP contribution in [0.3, 0.4) is 0 Å². The van der Waals surface area contributed by atoms with Crippen LogP contribution >= 0.6 is 0 Å². The summed E-state index contributed by atoms with van der Waals surface area (Å²) in [5.41, 5.74) is 3.61. The maximum Gasteiger partial charge on any atom is 0.216 e. The zero-order chi connectivity index (χ0) is 28.1. The monoisotopic (exact) mass is 549 g/mol. The summed E-state index contributed by atoms with van der Waals surface area (Å²) in [7, 11) is -4.07. The van der Waals surface area contributed by atoms with Crippen molar-refractivity contribution in [3.05, 3.63) is 137 Å². The first kappa shape index (κ1) is 26.6. The average Bonchev–Trinajstić information content (AvgIpc) is 3.40. The number of hydrogen-bond donors (Lipinski definition) is 0. The van der Waals surface area contributed by atoms with Crippen LogP contribution in [0.15, 0.2) is 119 Å². The quantitative estimate of drug-likeness (QED) is 0.197. The Hall–Kier alpha value is -5.00. The third-order valence-electron chi connectivity index (χ3n) is 6.24. The molecular weight excluding hydrogens is 525 g/mol. The van der Waals surface area contributed by atoms with E-state index >= 15 is 0 Å². The van der Waals surface area contributed by atoms with Crippen molar-refractivity contribution in [3.8, 4) is 28.8 Å². The Kier molecular flexibility index (Phi) is 7.58. The van der Waals surface area contributed by atoms with Gasteiger partial charge >= 0.3 is 0 Å². The van der Waals surface area contributed by atoms with Crippen LogP contribution in [0.2, 0.25) is 0 Å². The van der Waals surface area contributed by atoms with Gasteiger partial charge in [0.1, 0.15) is 34.8 Å². The molecule has 0 N–H and O–H groups in total. The van der Waals surface area contributed by atoms with E-state index in [4.69, 9.17) is 9.84 Å². The molecular formula is C32H24FN3O3S. The topological polar surface area (TPSA) is 85.0 Å². The molecule has 8 heteroatoms. The van der Waals surface area contributed by atoms with Crippen LogP contribution in [0.4, 0.5) is 4.39 Å². The number of allylic oxidation sites excluding steroid dienone is 1. The Morgan fingerprint density at radius 1 is 0.975 bits per heavy atom. The lowest BCUT2D eigenvalue weighted by molar-refractivity contribution is 0.300. The summed E-state index contributed by atoms with van der Waals surface area (Å²) in [6, 6.07) is 31.0. The summed E-state index contributed by atoms with van der Waals surface area (Å²) in [5.74, 6) is 0.129. The molecule has 6 nitrogen and oxygen atoms in total. The lowest BCUT2D eigenvalue weighted by Crippen LogP contribution is -2.03. The minimum absolute atomic E-state index is 0.0337. The van der Waals surface area contributed by atoms with E-state index in [-0.39, 0.29) is 17.3 Å². The Balaban J connectivity index is 1.57. The number of aryl methyl sites for hydroxylation is 1. The minimum Gasteiger partial charge on any atom is -0.489 e. The van der Waals surface area contributed by atoms with Crippen molar-refractivity contribution in [1.29, 1.82) is 5.26 Å². The molecule has 0 radical (unpaired) electrons. The predicted molar refractivity (Wildman–Crippen MR) is 152 cm³/mol. The average molecular weight is 550 g/mol. The molecule has 0 amide bonds. The van der Waals surface area contributed by atoms with Crippen molar-refractivity contribution in [3.63, 3.8) is 0 Å². The summed E-state index contributed by atoms with van der Waals surface area (Å²) in [6.45, 7) is 1.89. The van der Waals surface area contributed by atoms with Crippen LogP contribution in [0.25, 0.3) is 23.0 Å². The molecule has 0 aliphatic rings. The lowest BCUT2D eigenvalue weighted by atomic mass is 10.1. The Morgan fingerprint density at radius 2 is 1.70 bits per heavy atom. The number of ether oxygens (including phenoxy) is 1. The van der Waals surface area contributed by atoms with Gasteiger partial charge in [0.05, 0.1) is 10.6 Å². The summed E-state index contributed by atoms with van der Waals surface area (Å²) < 4.78 is 48.2. The first-order valence-electron chi connectivity index (χ1n) is 12.4. The predicted octanol–water partition coefficient (Wildman–Crippen LogP) is 6.90. The number of para-hydroxylation sites is 1. The fourth-order valence-corrected chi connectivity index (χ4v) is 5.25. The molecule has 0 saturated heterocycles. The molecule has 0 unspecified atom stereocenters. The zero-order valence-corrected chi connectivity index (χ0v) is 22.3. The van der Waals surface area contributed by atoms with Gasteiger partial charge in [-0.25, -0.2) is 17.5 Å². The first-order valence-corrected chi connectivity index (χ1v) is 13.9. The van der Waals surface area contributed by atoms with Crippen LogP contribution in [-0.4, -0.2) is 18.2 Å². The van der Waals surface area contributed by atoms with Crippen molar-refractivity contribution in [1.82, 2.24) is 9.78 Å². The molecule has 4 aromatic carbocycles. The number of nitriles is 1. The highest BCUT2D eigenvalue weighted by Crippen LogP contribution is 2.30. The van der Waals surface area contributed by atoms with Gasteiger partial charge in [-0.3, -0.25) is 0 Å². The van der Waals surface area contributed by atoms with Gasteiger partial charge in [-0.15, -0.1) is 0 Å². The van der Waals surface area contributed by atoms with Crippen molar-refractivity contribution in [2.45, 2.75) is 18.4 Å². The maximum atomic E-state index is 14.1. The molecule has 5 aromatic rings. The molecule has 0 fully saturated rings. The van der Waals surface area contributed by atoms with Crippen molar-refractivity contribution < 1.29 is 17.5 Å². The largest absolute Gasteiger partial charge is 0.489 e. The first-order chi connectivity index (χ1) is 19.3. The fraction of sp³-hybridized carbons (Fsp3) is 0.0625. The van der Waals surface area contributed by atoms with Gasteiger partial charge in [-0.1, -0.05) is 66.2 Å². The molecule has 1 aromatic heterocycles. The Bertz CT molecular complexity index is 1840. The third-order valence-corrected chi connectivity index (χ3v) is 7.92. The van der Waals surface area contributed by atoms with Gasteiger partial charge in [-0.2, -0.15) is 10.4 Å². The molecule has 0 atom stereocenters. The second kappa shape index (κ2) is 11.4. The highest BCUT2D eigenvalue weighted by atomic mass is 32.2. The van der Waals surface area contributed by atoms with E-state index in [1.165, 1.54) is 24.3 Å².